The molecule has 0 radical (unpaired) electrons. The summed E-state index contributed by atoms with van der Waals surface area (Å²) in [7, 11) is 0. The molecule has 0 amide bonds. The molecule has 2 aliphatic rings. The van der Waals surface area contributed by atoms with E-state index in [1.807, 2.05) is 6.07 Å². The Kier molecular flexibility index (Phi) is 2.14. The zero-order chi connectivity index (χ0) is 11.9. The van der Waals surface area contributed by atoms with E-state index in [1.165, 1.54) is 5.56 Å². The lowest BCUT2D eigenvalue weighted by Gasteiger charge is -2.16. The van der Waals surface area contributed by atoms with Crippen LogP contribution in [0.25, 0.3) is 11.4 Å². The van der Waals surface area contributed by atoms with Crippen LogP contribution in [0.4, 0.5) is 0 Å². The number of benzene rings is 1. The molecule has 92 valence electrons. The molecule has 1 aromatic heterocycles. The molecule has 0 atom stereocenters. The predicted octanol–water partition coefficient (Wildman–Crippen LogP) is 0.983. The van der Waals surface area contributed by atoms with Crippen LogP contribution in [-0.4, -0.2) is 27.9 Å². The SMILES string of the molecule is c1cc2c(cc1-c1nnc3n1CCNC3)CCO2. The Bertz CT molecular complexity index is 605. The Morgan fingerprint density at radius 2 is 2.28 bits per heavy atom. The van der Waals surface area contributed by atoms with Crippen LogP contribution in [0.1, 0.15) is 11.4 Å². The average Bonchev–Trinajstić information content (AvgIpc) is 3.04. The summed E-state index contributed by atoms with van der Waals surface area (Å²) < 4.78 is 7.73. The highest BCUT2D eigenvalue weighted by Gasteiger charge is 2.19. The van der Waals surface area contributed by atoms with E-state index in [-0.39, 0.29) is 0 Å². The van der Waals surface area contributed by atoms with Crippen molar-refractivity contribution in [2.24, 2.45) is 0 Å². The minimum Gasteiger partial charge on any atom is -0.493 e. The molecule has 0 unspecified atom stereocenters. The van der Waals surface area contributed by atoms with Crippen LogP contribution in [-0.2, 0) is 19.5 Å². The van der Waals surface area contributed by atoms with Gasteiger partial charge in [-0.05, 0) is 23.8 Å². The van der Waals surface area contributed by atoms with E-state index in [9.17, 15) is 0 Å². The normalized spacial score (nSPS) is 17.1. The first-order valence-electron chi connectivity index (χ1n) is 6.31. The molecule has 5 heteroatoms. The number of nitrogens with one attached hydrogen (secondary N) is 1. The maximum atomic E-state index is 5.53. The number of nitrogens with zero attached hydrogens (tertiary/aromatic N) is 3. The van der Waals surface area contributed by atoms with Crippen molar-refractivity contribution in [1.82, 2.24) is 20.1 Å². The largest absolute Gasteiger partial charge is 0.493 e. The second-order valence-electron chi connectivity index (χ2n) is 4.69. The van der Waals surface area contributed by atoms with E-state index in [0.717, 1.165) is 55.6 Å². The van der Waals surface area contributed by atoms with Gasteiger partial charge in [-0.1, -0.05) is 0 Å². The molecular formula is C13H14N4O. The quantitative estimate of drug-likeness (QED) is 0.810. The van der Waals surface area contributed by atoms with Gasteiger partial charge in [0.05, 0.1) is 13.2 Å². The van der Waals surface area contributed by atoms with Crippen molar-refractivity contribution in [3.8, 4) is 17.1 Å². The Morgan fingerprint density at radius 1 is 1.28 bits per heavy atom. The minimum atomic E-state index is 0.792. The summed E-state index contributed by atoms with van der Waals surface area (Å²) in [6, 6.07) is 6.30. The average molecular weight is 242 g/mol. The minimum absolute atomic E-state index is 0.792. The highest BCUT2D eigenvalue weighted by Crippen LogP contribution is 2.30. The van der Waals surface area contributed by atoms with Crippen molar-refractivity contribution in [2.75, 3.05) is 13.2 Å². The second kappa shape index (κ2) is 3.81. The molecule has 0 fully saturated rings. The number of hydrogen-bond acceptors (Lipinski definition) is 4. The van der Waals surface area contributed by atoms with Gasteiger partial charge in [-0.25, -0.2) is 0 Å². The summed E-state index contributed by atoms with van der Waals surface area (Å²) in [6.07, 6.45) is 0.992. The number of rotatable bonds is 1. The Hall–Kier alpha value is -1.88. The number of aromatic nitrogens is 3. The smallest absolute Gasteiger partial charge is 0.164 e. The van der Waals surface area contributed by atoms with Crippen LogP contribution in [0.3, 0.4) is 0 Å². The highest BCUT2D eigenvalue weighted by molar-refractivity contribution is 5.60. The zero-order valence-electron chi connectivity index (χ0n) is 10.0. The van der Waals surface area contributed by atoms with E-state index in [2.05, 4.69) is 32.2 Å². The van der Waals surface area contributed by atoms with Gasteiger partial charge >= 0.3 is 0 Å². The summed E-state index contributed by atoms with van der Waals surface area (Å²) in [5.74, 6) is 3.01. The van der Waals surface area contributed by atoms with E-state index >= 15 is 0 Å². The zero-order valence-corrected chi connectivity index (χ0v) is 10.0. The Labute approximate surface area is 105 Å². The topological polar surface area (TPSA) is 52.0 Å². The van der Waals surface area contributed by atoms with Crippen molar-refractivity contribution in [3.63, 3.8) is 0 Å². The van der Waals surface area contributed by atoms with Crippen molar-refractivity contribution >= 4 is 0 Å². The molecule has 0 saturated carbocycles. The van der Waals surface area contributed by atoms with Crippen LogP contribution in [0.2, 0.25) is 0 Å². The molecule has 4 rings (SSSR count). The first-order valence-corrected chi connectivity index (χ1v) is 6.31. The van der Waals surface area contributed by atoms with Crippen molar-refractivity contribution in [2.45, 2.75) is 19.5 Å². The van der Waals surface area contributed by atoms with Gasteiger partial charge in [-0.3, -0.25) is 0 Å². The van der Waals surface area contributed by atoms with Crippen LogP contribution >= 0.6 is 0 Å². The van der Waals surface area contributed by atoms with Gasteiger partial charge < -0.3 is 14.6 Å². The van der Waals surface area contributed by atoms with Crippen LogP contribution in [0, 0.1) is 0 Å². The molecule has 0 saturated heterocycles. The molecule has 18 heavy (non-hydrogen) atoms. The summed E-state index contributed by atoms with van der Waals surface area (Å²) in [5.41, 5.74) is 2.42. The summed E-state index contributed by atoms with van der Waals surface area (Å²) in [4.78, 5) is 0. The number of fused-ring (bicyclic) bond motifs is 2. The van der Waals surface area contributed by atoms with Gasteiger partial charge in [0, 0.05) is 25.1 Å². The summed E-state index contributed by atoms with van der Waals surface area (Å²) in [6.45, 7) is 3.51. The molecule has 0 spiro atoms. The third kappa shape index (κ3) is 1.44. The molecule has 3 heterocycles. The molecular weight excluding hydrogens is 228 g/mol. The predicted molar refractivity (Wildman–Crippen MR) is 66.4 cm³/mol. The van der Waals surface area contributed by atoms with Gasteiger partial charge in [0.1, 0.15) is 11.6 Å². The lowest BCUT2D eigenvalue weighted by molar-refractivity contribution is 0.357. The number of hydrogen-bond donors (Lipinski definition) is 1. The Morgan fingerprint density at radius 3 is 3.28 bits per heavy atom. The molecule has 2 aliphatic heterocycles. The molecule has 2 aromatic rings. The second-order valence-corrected chi connectivity index (χ2v) is 4.69. The lowest BCUT2D eigenvalue weighted by atomic mass is 10.1. The standard InChI is InChI=1S/C13H14N4O/c1-2-11-9(3-6-18-11)7-10(1)13-16-15-12-8-14-4-5-17(12)13/h1-2,7,14H,3-6,8H2. The van der Waals surface area contributed by atoms with Crippen molar-refractivity contribution in [1.29, 1.82) is 0 Å². The van der Waals surface area contributed by atoms with E-state index in [0.29, 0.717) is 0 Å². The molecule has 0 bridgehead atoms. The first-order chi connectivity index (χ1) is 8.92. The fourth-order valence-electron chi connectivity index (χ4n) is 2.63. The summed E-state index contributed by atoms with van der Waals surface area (Å²) >= 11 is 0. The molecule has 0 aliphatic carbocycles. The van der Waals surface area contributed by atoms with Gasteiger partial charge in [-0.15, -0.1) is 10.2 Å². The van der Waals surface area contributed by atoms with Crippen LogP contribution < -0.4 is 10.1 Å². The van der Waals surface area contributed by atoms with E-state index in [4.69, 9.17) is 4.74 Å². The van der Waals surface area contributed by atoms with E-state index in [1.54, 1.807) is 0 Å². The maximum absolute atomic E-state index is 5.53. The van der Waals surface area contributed by atoms with Gasteiger partial charge in [0.2, 0.25) is 0 Å². The fraction of sp³-hybridized carbons (Fsp3) is 0.385. The number of ether oxygens (including phenoxy) is 1. The third-order valence-electron chi connectivity index (χ3n) is 3.57. The molecule has 1 aromatic carbocycles. The van der Waals surface area contributed by atoms with Crippen molar-refractivity contribution < 1.29 is 4.74 Å². The molecule has 5 nitrogen and oxygen atoms in total. The lowest BCUT2D eigenvalue weighted by Crippen LogP contribution is -2.28. The molecule has 1 N–H and O–H groups in total. The fourth-order valence-corrected chi connectivity index (χ4v) is 2.63. The van der Waals surface area contributed by atoms with Crippen LogP contribution in [0.15, 0.2) is 18.2 Å². The monoisotopic (exact) mass is 242 g/mol. The first kappa shape index (κ1) is 10.1. The highest BCUT2D eigenvalue weighted by atomic mass is 16.5. The van der Waals surface area contributed by atoms with E-state index < -0.39 is 0 Å². The van der Waals surface area contributed by atoms with Crippen LogP contribution in [0.5, 0.6) is 5.75 Å². The maximum Gasteiger partial charge on any atom is 0.164 e. The summed E-state index contributed by atoms with van der Waals surface area (Å²) in [5, 5.41) is 11.9. The van der Waals surface area contributed by atoms with Gasteiger partial charge in [-0.2, -0.15) is 0 Å². The third-order valence-corrected chi connectivity index (χ3v) is 3.57. The van der Waals surface area contributed by atoms with Gasteiger partial charge in [0.15, 0.2) is 5.82 Å². The van der Waals surface area contributed by atoms with Crippen molar-refractivity contribution in [3.05, 3.63) is 29.6 Å². The Balaban J connectivity index is 1.81. The van der Waals surface area contributed by atoms with Gasteiger partial charge in [0.25, 0.3) is 0 Å².